The van der Waals surface area contributed by atoms with Gasteiger partial charge < -0.3 is 15.4 Å². The molecule has 1 saturated heterocycles. The Kier molecular flexibility index (Phi) is 14.2. The van der Waals surface area contributed by atoms with Crippen LogP contribution in [0.4, 0.5) is 0 Å². The summed E-state index contributed by atoms with van der Waals surface area (Å²) in [5.41, 5.74) is 0. The molecule has 0 aliphatic carbocycles. The quantitative estimate of drug-likeness (QED) is 0.237. The van der Waals surface area contributed by atoms with Crippen LogP contribution in [0.5, 0.6) is 0 Å². The van der Waals surface area contributed by atoms with Gasteiger partial charge in [-0.1, -0.05) is 20.8 Å². The maximum atomic E-state index is 5.61. The lowest BCUT2D eigenvalue weighted by atomic mass is 10.1. The van der Waals surface area contributed by atoms with Crippen molar-refractivity contribution in [3.05, 3.63) is 0 Å². The molecular formula is C17H37IN4O. The molecule has 0 spiro atoms. The zero-order valence-electron chi connectivity index (χ0n) is 15.4. The third-order valence-electron chi connectivity index (χ3n) is 4.24. The molecule has 23 heavy (non-hydrogen) atoms. The lowest BCUT2D eigenvalue weighted by Gasteiger charge is -2.27. The van der Waals surface area contributed by atoms with Crippen molar-refractivity contribution in [2.45, 2.75) is 52.5 Å². The Morgan fingerprint density at radius 3 is 2.43 bits per heavy atom. The molecule has 1 rings (SSSR count). The molecule has 0 radical (unpaired) electrons. The van der Waals surface area contributed by atoms with Crippen LogP contribution in [0.25, 0.3) is 0 Å². The monoisotopic (exact) mass is 440 g/mol. The van der Waals surface area contributed by atoms with Crippen molar-refractivity contribution in [3.8, 4) is 0 Å². The SMILES string of the molecule is CCC(CNC(=NC)NCCOCCC(C)C)N1CCCC1.I. The summed E-state index contributed by atoms with van der Waals surface area (Å²) < 4.78 is 5.61. The molecule has 2 N–H and O–H groups in total. The summed E-state index contributed by atoms with van der Waals surface area (Å²) in [5.74, 6) is 1.59. The Morgan fingerprint density at radius 2 is 1.87 bits per heavy atom. The van der Waals surface area contributed by atoms with Gasteiger partial charge >= 0.3 is 0 Å². The van der Waals surface area contributed by atoms with Crippen LogP contribution in [0.3, 0.4) is 0 Å². The van der Waals surface area contributed by atoms with Crippen LogP contribution in [-0.2, 0) is 4.74 Å². The molecular weight excluding hydrogens is 403 g/mol. The predicted molar refractivity (Wildman–Crippen MR) is 110 cm³/mol. The molecule has 5 nitrogen and oxygen atoms in total. The van der Waals surface area contributed by atoms with Crippen LogP contribution in [0.1, 0.15) is 46.5 Å². The summed E-state index contributed by atoms with van der Waals surface area (Å²) in [4.78, 5) is 6.88. The highest BCUT2D eigenvalue weighted by atomic mass is 127. The highest BCUT2D eigenvalue weighted by Crippen LogP contribution is 2.13. The smallest absolute Gasteiger partial charge is 0.191 e. The van der Waals surface area contributed by atoms with Crippen LogP contribution in [-0.4, -0.2) is 63.3 Å². The van der Waals surface area contributed by atoms with E-state index in [0.29, 0.717) is 12.0 Å². The van der Waals surface area contributed by atoms with Gasteiger partial charge in [0, 0.05) is 32.8 Å². The average molecular weight is 440 g/mol. The fraction of sp³-hybridized carbons (Fsp3) is 0.941. The first-order chi connectivity index (χ1) is 10.7. The molecule has 138 valence electrons. The van der Waals surface area contributed by atoms with Gasteiger partial charge in [0.1, 0.15) is 0 Å². The normalized spacial score (nSPS) is 17.2. The summed E-state index contributed by atoms with van der Waals surface area (Å²) in [6, 6.07) is 0.614. The highest BCUT2D eigenvalue weighted by Gasteiger charge is 2.20. The summed E-state index contributed by atoms with van der Waals surface area (Å²) in [6.45, 7) is 12.5. The third kappa shape index (κ3) is 10.4. The first-order valence-electron chi connectivity index (χ1n) is 8.93. The Balaban J connectivity index is 0.00000484. The molecule has 0 aromatic carbocycles. The first-order valence-corrected chi connectivity index (χ1v) is 8.93. The number of guanidine groups is 1. The van der Waals surface area contributed by atoms with Gasteiger partial charge in [-0.2, -0.15) is 0 Å². The summed E-state index contributed by atoms with van der Waals surface area (Å²) in [5, 5.41) is 6.77. The molecule has 0 saturated carbocycles. The zero-order chi connectivity index (χ0) is 16.2. The van der Waals surface area contributed by atoms with E-state index < -0.39 is 0 Å². The number of hydrogen-bond acceptors (Lipinski definition) is 3. The van der Waals surface area contributed by atoms with E-state index >= 15 is 0 Å². The van der Waals surface area contributed by atoms with Crippen LogP contribution in [0, 0.1) is 5.92 Å². The maximum Gasteiger partial charge on any atom is 0.191 e. The van der Waals surface area contributed by atoms with E-state index in [9.17, 15) is 0 Å². The zero-order valence-corrected chi connectivity index (χ0v) is 17.8. The number of rotatable bonds is 10. The van der Waals surface area contributed by atoms with Gasteiger partial charge in [-0.25, -0.2) is 0 Å². The van der Waals surface area contributed by atoms with Crippen molar-refractivity contribution >= 4 is 29.9 Å². The van der Waals surface area contributed by atoms with E-state index in [0.717, 1.165) is 38.7 Å². The molecule has 0 aromatic heterocycles. The fourth-order valence-electron chi connectivity index (χ4n) is 2.74. The van der Waals surface area contributed by atoms with E-state index in [1.807, 2.05) is 7.05 Å². The molecule has 0 aromatic rings. The Morgan fingerprint density at radius 1 is 1.17 bits per heavy atom. The molecule has 1 heterocycles. The lowest BCUT2D eigenvalue weighted by molar-refractivity contribution is 0.128. The van der Waals surface area contributed by atoms with Crippen molar-refractivity contribution in [1.29, 1.82) is 0 Å². The summed E-state index contributed by atoms with van der Waals surface area (Å²) in [6.07, 6.45) is 5.00. The van der Waals surface area contributed by atoms with Crippen molar-refractivity contribution in [2.75, 3.05) is 46.4 Å². The number of halogens is 1. The van der Waals surface area contributed by atoms with Gasteiger partial charge in [-0.3, -0.25) is 9.89 Å². The Hall–Kier alpha value is -0.0800. The minimum Gasteiger partial charge on any atom is -0.380 e. The number of likely N-dealkylation sites (tertiary alicyclic amines) is 1. The maximum absolute atomic E-state index is 5.61. The van der Waals surface area contributed by atoms with Gasteiger partial charge in [0.25, 0.3) is 0 Å². The largest absolute Gasteiger partial charge is 0.380 e. The Bertz CT molecular complexity index is 307. The third-order valence-corrected chi connectivity index (χ3v) is 4.24. The number of aliphatic imine (C=N–C) groups is 1. The second-order valence-corrected chi connectivity index (χ2v) is 6.48. The molecule has 1 unspecified atom stereocenters. The summed E-state index contributed by atoms with van der Waals surface area (Å²) in [7, 11) is 1.83. The molecule has 1 aliphatic rings. The van der Waals surface area contributed by atoms with Crippen LogP contribution < -0.4 is 10.6 Å². The Labute approximate surface area is 160 Å². The van der Waals surface area contributed by atoms with E-state index in [1.54, 1.807) is 0 Å². The van der Waals surface area contributed by atoms with Gasteiger partial charge in [-0.15, -0.1) is 24.0 Å². The minimum atomic E-state index is 0. The topological polar surface area (TPSA) is 48.9 Å². The van der Waals surface area contributed by atoms with E-state index in [2.05, 4.69) is 41.3 Å². The minimum absolute atomic E-state index is 0. The molecule has 6 heteroatoms. The van der Waals surface area contributed by atoms with Crippen LogP contribution in [0.2, 0.25) is 0 Å². The lowest BCUT2D eigenvalue weighted by Crippen LogP contribution is -2.46. The number of nitrogens with one attached hydrogen (secondary N) is 2. The average Bonchev–Trinajstić information content (AvgIpc) is 3.03. The highest BCUT2D eigenvalue weighted by molar-refractivity contribution is 14.0. The van der Waals surface area contributed by atoms with Crippen molar-refractivity contribution in [2.24, 2.45) is 10.9 Å². The van der Waals surface area contributed by atoms with Crippen LogP contribution in [0.15, 0.2) is 4.99 Å². The van der Waals surface area contributed by atoms with E-state index in [-0.39, 0.29) is 24.0 Å². The number of ether oxygens (including phenoxy) is 1. The van der Waals surface area contributed by atoms with Crippen LogP contribution >= 0.6 is 24.0 Å². The number of hydrogen-bond donors (Lipinski definition) is 2. The summed E-state index contributed by atoms with van der Waals surface area (Å²) >= 11 is 0. The standard InChI is InChI=1S/C17H36N4O.HI/c1-5-16(21-10-6-7-11-21)14-20-17(18-4)19-9-13-22-12-8-15(2)3;/h15-16H,5-14H2,1-4H3,(H2,18,19,20);1H. The molecule has 1 aliphatic heterocycles. The van der Waals surface area contributed by atoms with Gasteiger partial charge in [0.2, 0.25) is 0 Å². The fourth-order valence-corrected chi connectivity index (χ4v) is 2.74. The van der Waals surface area contributed by atoms with Gasteiger partial charge in [0.05, 0.1) is 6.61 Å². The first kappa shape index (κ1) is 22.9. The molecule has 1 fully saturated rings. The van der Waals surface area contributed by atoms with Crippen molar-refractivity contribution in [3.63, 3.8) is 0 Å². The molecule has 0 bridgehead atoms. The van der Waals surface area contributed by atoms with Gasteiger partial charge in [-0.05, 0) is 44.7 Å². The van der Waals surface area contributed by atoms with E-state index in [1.165, 1.54) is 32.4 Å². The number of nitrogens with zero attached hydrogens (tertiary/aromatic N) is 2. The van der Waals surface area contributed by atoms with Gasteiger partial charge in [0.15, 0.2) is 5.96 Å². The second-order valence-electron chi connectivity index (χ2n) is 6.48. The molecule has 0 amide bonds. The molecule has 1 atom stereocenters. The predicted octanol–water partition coefficient (Wildman–Crippen LogP) is 2.71. The second kappa shape index (κ2) is 14.3. The van der Waals surface area contributed by atoms with Crippen molar-refractivity contribution in [1.82, 2.24) is 15.5 Å². The van der Waals surface area contributed by atoms with E-state index in [4.69, 9.17) is 4.74 Å². The van der Waals surface area contributed by atoms with Crippen molar-refractivity contribution < 1.29 is 4.74 Å².